The third kappa shape index (κ3) is 8.72. The van der Waals surface area contributed by atoms with Gasteiger partial charge in [0.1, 0.15) is 0 Å². The van der Waals surface area contributed by atoms with Crippen molar-refractivity contribution in [2.24, 2.45) is 22.6 Å². The lowest BCUT2D eigenvalue weighted by atomic mass is 9.83. The van der Waals surface area contributed by atoms with Crippen molar-refractivity contribution < 1.29 is 40.7 Å². The van der Waals surface area contributed by atoms with Crippen molar-refractivity contribution >= 4 is 40.9 Å². The highest BCUT2D eigenvalue weighted by molar-refractivity contribution is 7.98. The monoisotopic (exact) mass is 602 g/mol. The van der Waals surface area contributed by atoms with E-state index >= 15 is 0 Å². The van der Waals surface area contributed by atoms with Gasteiger partial charge in [-0.05, 0) is 25.2 Å². The van der Waals surface area contributed by atoms with E-state index in [0.717, 1.165) is 0 Å². The van der Waals surface area contributed by atoms with Crippen LogP contribution < -0.4 is 16.0 Å². The molecule has 1 aliphatic rings. The first-order valence-electron chi connectivity index (χ1n) is 12.5. The van der Waals surface area contributed by atoms with E-state index in [2.05, 4.69) is 10.3 Å². The van der Waals surface area contributed by atoms with Crippen molar-refractivity contribution in [2.75, 3.05) is 17.0 Å². The van der Waals surface area contributed by atoms with Gasteiger partial charge in [0.2, 0.25) is 18.0 Å². The Kier molecular flexibility index (Phi) is 10.5. The number of fused-ring (bicyclic) bond motifs is 1. The predicted molar refractivity (Wildman–Crippen MR) is 143 cm³/mol. The SMILES string of the molecule is CSCN1C(=O)[C@@H](NC(=O)[C@H](CCC(F)(F)F)[C@H](CCC(F)(F)F)C(N)=O)N=C(c2ccccc2)c2ccccc21. The van der Waals surface area contributed by atoms with E-state index in [9.17, 15) is 40.7 Å². The summed E-state index contributed by atoms with van der Waals surface area (Å²) >= 11 is 1.29. The van der Waals surface area contributed by atoms with Crippen LogP contribution in [-0.2, 0) is 14.4 Å². The summed E-state index contributed by atoms with van der Waals surface area (Å²) in [7, 11) is 0. The number of benzodiazepines with no additional fused rings is 1. The zero-order valence-electron chi connectivity index (χ0n) is 21.8. The van der Waals surface area contributed by atoms with Gasteiger partial charge in [0.25, 0.3) is 5.91 Å². The molecule has 3 amide bonds. The summed E-state index contributed by atoms with van der Waals surface area (Å²) in [6.45, 7) is 0. The van der Waals surface area contributed by atoms with E-state index < -0.39 is 73.8 Å². The molecular formula is C27H28F6N4O3S. The van der Waals surface area contributed by atoms with Gasteiger partial charge >= 0.3 is 12.4 Å². The Morgan fingerprint density at radius 1 is 0.951 bits per heavy atom. The molecule has 0 radical (unpaired) electrons. The number of hydrogen-bond acceptors (Lipinski definition) is 5. The molecule has 0 saturated carbocycles. The normalized spacial score (nSPS) is 17.2. The van der Waals surface area contributed by atoms with Crippen LogP contribution in [0, 0.1) is 11.8 Å². The Labute approximate surface area is 236 Å². The number of para-hydroxylation sites is 1. The maximum atomic E-state index is 13.7. The van der Waals surface area contributed by atoms with Crippen LogP contribution in [0.25, 0.3) is 0 Å². The molecule has 3 rings (SSSR count). The zero-order chi connectivity index (χ0) is 30.4. The van der Waals surface area contributed by atoms with E-state index in [0.29, 0.717) is 22.5 Å². The van der Waals surface area contributed by atoms with Crippen molar-refractivity contribution in [1.82, 2.24) is 5.32 Å². The Balaban J connectivity index is 2.05. The number of aliphatic imine (C=N–C) groups is 1. The van der Waals surface area contributed by atoms with Crippen LogP contribution in [0.4, 0.5) is 32.0 Å². The molecular weight excluding hydrogens is 574 g/mol. The van der Waals surface area contributed by atoms with Crippen LogP contribution in [0.2, 0.25) is 0 Å². The number of halogens is 6. The van der Waals surface area contributed by atoms with Crippen LogP contribution in [-0.4, -0.2) is 54.1 Å². The fourth-order valence-electron chi connectivity index (χ4n) is 4.55. The summed E-state index contributed by atoms with van der Waals surface area (Å²) in [4.78, 5) is 45.1. The molecule has 2 aromatic carbocycles. The molecule has 0 fully saturated rings. The molecule has 3 N–H and O–H groups in total. The minimum Gasteiger partial charge on any atom is -0.369 e. The van der Waals surface area contributed by atoms with Gasteiger partial charge in [0, 0.05) is 35.8 Å². The summed E-state index contributed by atoms with van der Waals surface area (Å²) in [5.74, 6) is -6.92. The predicted octanol–water partition coefficient (Wildman–Crippen LogP) is 5.04. The molecule has 0 bridgehead atoms. The topological polar surface area (TPSA) is 105 Å². The number of alkyl halides is 6. The van der Waals surface area contributed by atoms with Gasteiger partial charge in [0.05, 0.1) is 17.3 Å². The van der Waals surface area contributed by atoms with E-state index in [1.54, 1.807) is 60.9 Å². The van der Waals surface area contributed by atoms with E-state index in [4.69, 9.17) is 5.73 Å². The first-order valence-corrected chi connectivity index (χ1v) is 13.9. The first-order chi connectivity index (χ1) is 19.2. The average molecular weight is 603 g/mol. The molecule has 3 atom stereocenters. The van der Waals surface area contributed by atoms with Gasteiger partial charge in [-0.15, -0.1) is 11.8 Å². The number of carbonyl (C=O) groups excluding carboxylic acids is 3. The second-order valence-corrected chi connectivity index (χ2v) is 10.2. The average Bonchev–Trinajstić information content (AvgIpc) is 3.00. The maximum Gasteiger partial charge on any atom is 0.389 e. The minimum atomic E-state index is -4.77. The number of carbonyl (C=O) groups is 3. The molecule has 14 heteroatoms. The number of amides is 3. The summed E-state index contributed by atoms with van der Waals surface area (Å²) in [6.07, 6.45) is -14.5. The largest absolute Gasteiger partial charge is 0.389 e. The molecule has 0 spiro atoms. The number of rotatable bonds is 11. The maximum absolute atomic E-state index is 13.7. The van der Waals surface area contributed by atoms with Gasteiger partial charge in [-0.3, -0.25) is 19.3 Å². The van der Waals surface area contributed by atoms with Crippen LogP contribution in [0.1, 0.15) is 36.8 Å². The highest BCUT2D eigenvalue weighted by atomic mass is 32.2. The summed E-state index contributed by atoms with van der Waals surface area (Å²) in [5.41, 5.74) is 7.17. The number of anilines is 1. The van der Waals surface area contributed by atoms with Crippen LogP contribution in [0.15, 0.2) is 59.6 Å². The van der Waals surface area contributed by atoms with Gasteiger partial charge in [-0.2, -0.15) is 26.3 Å². The summed E-state index contributed by atoms with van der Waals surface area (Å²) in [6, 6.07) is 15.5. The lowest BCUT2D eigenvalue weighted by Gasteiger charge is -2.28. The highest BCUT2D eigenvalue weighted by Crippen LogP contribution is 2.33. The second-order valence-electron chi connectivity index (χ2n) is 9.38. The molecule has 41 heavy (non-hydrogen) atoms. The van der Waals surface area contributed by atoms with Crippen molar-refractivity contribution in [2.45, 2.75) is 44.2 Å². The standard InChI is InChI=1S/C27H28F6N4O3S/c1-41-15-37-20-10-6-5-9-19(20)21(16-7-3-2-4-8-16)35-23(25(37)40)36-24(39)18(12-14-27(31,32)33)17(22(34)38)11-13-26(28,29)30/h2-10,17-18,23H,11-15H2,1H3,(H2,34,38)(H,36,39)/t17-,18+,23+/m0/s1. The molecule has 0 unspecified atom stereocenters. The number of primary amides is 1. The second kappa shape index (κ2) is 13.4. The van der Waals surface area contributed by atoms with Gasteiger partial charge in [-0.1, -0.05) is 48.5 Å². The number of nitrogens with one attached hydrogen (secondary N) is 1. The molecule has 222 valence electrons. The van der Waals surface area contributed by atoms with E-state index in [1.165, 1.54) is 16.7 Å². The minimum absolute atomic E-state index is 0.132. The molecule has 0 aliphatic carbocycles. The van der Waals surface area contributed by atoms with E-state index in [1.807, 2.05) is 0 Å². The molecule has 0 saturated heterocycles. The van der Waals surface area contributed by atoms with Gasteiger partial charge in [-0.25, -0.2) is 4.99 Å². The number of benzene rings is 2. The first kappa shape index (κ1) is 32.0. The molecule has 0 aromatic heterocycles. The number of hydrogen-bond donors (Lipinski definition) is 2. The van der Waals surface area contributed by atoms with Crippen molar-refractivity contribution in [3.63, 3.8) is 0 Å². The lowest BCUT2D eigenvalue weighted by molar-refractivity contribution is -0.152. The third-order valence-corrected chi connectivity index (χ3v) is 6.97. The Bertz CT molecular complexity index is 1270. The van der Waals surface area contributed by atoms with Crippen molar-refractivity contribution in [1.29, 1.82) is 0 Å². The smallest absolute Gasteiger partial charge is 0.369 e. The van der Waals surface area contributed by atoms with Crippen molar-refractivity contribution in [3.8, 4) is 0 Å². The van der Waals surface area contributed by atoms with Crippen LogP contribution in [0.5, 0.6) is 0 Å². The van der Waals surface area contributed by atoms with Crippen LogP contribution >= 0.6 is 11.8 Å². The third-order valence-electron chi connectivity index (χ3n) is 6.46. The molecule has 1 heterocycles. The molecule has 2 aromatic rings. The molecule has 1 aliphatic heterocycles. The Morgan fingerprint density at radius 3 is 2.07 bits per heavy atom. The fourth-order valence-corrected chi connectivity index (χ4v) is 5.07. The quantitative estimate of drug-likeness (QED) is 0.352. The van der Waals surface area contributed by atoms with E-state index in [-0.39, 0.29) is 5.88 Å². The number of nitrogens with two attached hydrogens (primary N) is 1. The summed E-state index contributed by atoms with van der Waals surface area (Å²) < 4.78 is 78.1. The van der Waals surface area contributed by atoms with Gasteiger partial charge in [0.15, 0.2) is 0 Å². The van der Waals surface area contributed by atoms with Gasteiger partial charge < -0.3 is 11.1 Å². The number of nitrogens with zero attached hydrogens (tertiary/aromatic N) is 2. The summed E-state index contributed by atoms with van der Waals surface area (Å²) in [5, 5.41) is 2.32. The number of thioether (sulfide) groups is 1. The lowest BCUT2D eigenvalue weighted by Crippen LogP contribution is -2.51. The Hall–Kier alpha value is -3.55. The van der Waals surface area contributed by atoms with Crippen molar-refractivity contribution in [3.05, 3.63) is 65.7 Å². The zero-order valence-corrected chi connectivity index (χ0v) is 22.7. The fraction of sp³-hybridized carbons (Fsp3) is 0.407. The van der Waals surface area contributed by atoms with Crippen LogP contribution in [0.3, 0.4) is 0 Å². The Morgan fingerprint density at radius 2 is 1.51 bits per heavy atom. The molecule has 7 nitrogen and oxygen atoms in total. The highest BCUT2D eigenvalue weighted by Gasteiger charge is 2.41.